The summed E-state index contributed by atoms with van der Waals surface area (Å²) in [6.07, 6.45) is 1.39. The molecule has 4 nitrogen and oxygen atoms in total. The summed E-state index contributed by atoms with van der Waals surface area (Å²) in [5.74, 6) is 0.881. The van der Waals surface area contributed by atoms with Crippen molar-refractivity contribution in [2.75, 3.05) is 44.2 Å². The highest BCUT2D eigenvalue weighted by Crippen LogP contribution is 2.20. The summed E-state index contributed by atoms with van der Waals surface area (Å²) >= 11 is 0. The molecule has 0 aliphatic carbocycles. The Morgan fingerprint density at radius 1 is 0.962 bits per heavy atom. The van der Waals surface area contributed by atoms with Crippen molar-refractivity contribution in [3.8, 4) is 5.75 Å². The van der Waals surface area contributed by atoms with Gasteiger partial charge in [0.05, 0.1) is 12.7 Å². The molecule has 1 aliphatic rings. The van der Waals surface area contributed by atoms with Crippen molar-refractivity contribution < 1.29 is 9.84 Å². The first-order valence-corrected chi connectivity index (χ1v) is 9.69. The lowest BCUT2D eigenvalue weighted by Crippen LogP contribution is -2.46. The minimum Gasteiger partial charge on any atom is -0.494 e. The smallest absolute Gasteiger partial charge is 0.119 e. The predicted molar refractivity (Wildman–Crippen MR) is 107 cm³/mol. The second-order valence-electron chi connectivity index (χ2n) is 6.86. The lowest BCUT2D eigenvalue weighted by atomic mass is 10.1. The van der Waals surface area contributed by atoms with Crippen LogP contribution in [0.5, 0.6) is 5.75 Å². The normalized spacial score (nSPS) is 16.5. The number of benzene rings is 2. The van der Waals surface area contributed by atoms with Gasteiger partial charge in [-0.25, -0.2) is 0 Å². The number of ether oxygens (including phenoxy) is 1. The van der Waals surface area contributed by atoms with E-state index in [1.54, 1.807) is 0 Å². The molecule has 1 unspecified atom stereocenters. The molecule has 1 aliphatic heterocycles. The van der Waals surface area contributed by atoms with E-state index in [0.717, 1.165) is 63.5 Å². The van der Waals surface area contributed by atoms with Gasteiger partial charge in [0, 0.05) is 38.4 Å². The van der Waals surface area contributed by atoms with Gasteiger partial charge < -0.3 is 14.7 Å². The van der Waals surface area contributed by atoms with Crippen LogP contribution in [0.3, 0.4) is 0 Å². The summed E-state index contributed by atoms with van der Waals surface area (Å²) in [5, 5.41) is 9.82. The third-order valence-corrected chi connectivity index (χ3v) is 5.03. The minimum atomic E-state index is -0.376. The number of piperazine rings is 1. The van der Waals surface area contributed by atoms with Gasteiger partial charge >= 0.3 is 0 Å². The molecule has 1 fully saturated rings. The van der Waals surface area contributed by atoms with Crippen LogP contribution < -0.4 is 9.64 Å². The maximum Gasteiger partial charge on any atom is 0.119 e. The van der Waals surface area contributed by atoms with E-state index in [2.05, 4.69) is 40.1 Å². The topological polar surface area (TPSA) is 35.9 Å². The first-order valence-electron chi connectivity index (χ1n) is 9.69. The molecular formula is C22H30N2O2. The van der Waals surface area contributed by atoms with Crippen LogP contribution in [0.4, 0.5) is 5.69 Å². The lowest BCUT2D eigenvalue weighted by Gasteiger charge is -2.36. The summed E-state index contributed by atoms with van der Waals surface area (Å²) in [4.78, 5) is 4.97. The predicted octanol–water partition coefficient (Wildman–Crippen LogP) is 3.72. The first-order chi connectivity index (χ1) is 12.8. The highest BCUT2D eigenvalue weighted by molar-refractivity contribution is 5.46. The molecule has 140 valence electrons. The molecule has 1 heterocycles. The molecule has 26 heavy (non-hydrogen) atoms. The van der Waals surface area contributed by atoms with Crippen molar-refractivity contribution in [1.82, 2.24) is 4.90 Å². The van der Waals surface area contributed by atoms with E-state index in [1.165, 1.54) is 5.69 Å². The number of nitrogens with zero attached hydrogens (tertiary/aromatic N) is 2. The zero-order valence-electron chi connectivity index (χ0n) is 15.7. The number of hydrogen-bond donors (Lipinski definition) is 1. The van der Waals surface area contributed by atoms with Crippen LogP contribution in [0.2, 0.25) is 0 Å². The lowest BCUT2D eigenvalue weighted by molar-refractivity contribution is 0.173. The Bertz CT molecular complexity index is 637. The van der Waals surface area contributed by atoms with Gasteiger partial charge in [-0.3, -0.25) is 4.90 Å². The molecule has 1 N–H and O–H groups in total. The second kappa shape index (κ2) is 9.60. The molecular weight excluding hydrogens is 324 g/mol. The summed E-state index contributed by atoms with van der Waals surface area (Å²) in [6, 6.07) is 18.5. The number of anilines is 1. The first kappa shape index (κ1) is 18.7. The standard InChI is InChI=1S/C22H30N2O2/c1-2-22(25)19-9-11-21(12-10-19)26-18-6-13-23-14-16-24(17-15-23)20-7-4-3-5-8-20/h3-5,7-12,22,25H,2,6,13-18H2,1H3. The number of para-hydroxylation sites is 1. The van der Waals surface area contributed by atoms with E-state index in [1.807, 2.05) is 31.2 Å². The van der Waals surface area contributed by atoms with Crippen molar-refractivity contribution in [2.45, 2.75) is 25.9 Å². The number of hydrogen-bond acceptors (Lipinski definition) is 4. The van der Waals surface area contributed by atoms with Gasteiger partial charge in [0.25, 0.3) is 0 Å². The summed E-state index contributed by atoms with van der Waals surface area (Å²) in [7, 11) is 0. The Balaban J connectivity index is 1.33. The van der Waals surface area contributed by atoms with E-state index >= 15 is 0 Å². The fourth-order valence-electron chi connectivity index (χ4n) is 3.37. The maximum absolute atomic E-state index is 9.82. The third-order valence-electron chi connectivity index (χ3n) is 5.03. The Kier molecular flexibility index (Phi) is 6.92. The minimum absolute atomic E-state index is 0.376. The Labute approximate surface area is 157 Å². The summed E-state index contributed by atoms with van der Waals surface area (Å²) in [5.41, 5.74) is 2.28. The molecule has 0 aromatic heterocycles. The SMILES string of the molecule is CCC(O)c1ccc(OCCCN2CCN(c3ccccc3)CC2)cc1. The molecule has 2 aromatic carbocycles. The van der Waals surface area contributed by atoms with Crippen molar-refractivity contribution in [3.63, 3.8) is 0 Å². The molecule has 1 saturated heterocycles. The van der Waals surface area contributed by atoms with Gasteiger partial charge in [-0.2, -0.15) is 0 Å². The number of aliphatic hydroxyl groups is 1. The molecule has 2 aromatic rings. The van der Waals surface area contributed by atoms with Gasteiger partial charge in [0.2, 0.25) is 0 Å². The fraction of sp³-hybridized carbons (Fsp3) is 0.455. The van der Waals surface area contributed by atoms with E-state index in [0.29, 0.717) is 0 Å². The number of rotatable bonds is 8. The highest BCUT2D eigenvalue weighted by atomic mass is 16.5. The van der Waals surface area contributed by atoms with Gasteiger partial charge in [0.15, 0.2) is 0 Å². The van der Waals surface area contributed by atoms with Crippen LogP contribution in [-0.2, 0) is 0 Å². The Morgan fingerprint density at radius 2 is 1.65 bits per heavy atom. The average Bonchev–Trinajstić information content (AvgIpc) is 2.72. The zero-order chi connectivity index (χ0) is 18.2. The molecule has 0 radical (unpaired) electrons. The zero-order valence-corrected chi connectivity index (χ0v) is 15.7. The van der Waals surface area contributed by atoms with Crippen molar-refractivity contribution in [2.24, 2.45) is 0 Å². The van der Waals surface area contributed by atoms with Gasteiger partial charge in [0.1, 0.15) is 5.75 Å². The molecule has 3 rings (SSSR count). The Hall–Kier alpha value is -2.04. The second-order valence-corrected chi connectivity index (χ2v) is 6.86. The quantitative estimate of drug-likeness (QED) is 0.733. The highest BCUT2D eigenvalue weighted by Gasteiger charge is 2.16. The molecule has 0 spiro atoms. The van der Waals surface area contributed by atoms with E-state index < -0.39 is 0 Å². The van der Waals surface area contributed by atoms with Gasteiger partial charge in [-0.15, -0.1) is 0 Å². The molecule has 0 amide bonds. The fourth-order valence-corrected chi connectivity index (χ4v) is 3.37. The van der Waals surface area contributed by atoms with Gasteiger partial charge in [-0.05, 0) is 42.7 Å². The van der Waals surface area contributed by atoms with Gasteiger partial charge in [-0.1, -0.05) is 37.3 Å². The van der Waals surface area contributed by atoms with Crippen molar-refractivity contribution in [3.05, 3.63) is 60.2 Å². The Morgan fingerprint density at radius 3 is 2.31 bits per heavy atom. The molecule has 4 heteroatoms. The molecule has 0 saturated carbocycles. The van der Waals surface area contributed by atoms with Crippen LogP contribution >= 0.6 is 0 Å². The molecule has 1 atom stereocenters. The van der Waals surface area contributed by atoms with Crippen LogP contribution in [0.15, 0.2) is 54.6 Å². The van der Waals surface area contributed by atoms with Crippen LogP contribution in [0.25, 0.3) is 0 Å². The molecule has 0 bridgehead atoms. The van der Waals surface area contributed by atoms with Crippen LogP contribution in [-0.4, -0.2) is 49.3 Å². The number of aliphatic hydroxyl groups excluding tert-OH is 1. The van der Waals surface area contributed by atoms with E-state index in [-0.39, 0.29) is 6.10 Å². The monoisotopic (exact) mass is 354 g/mol. The van der Waals surface area contributed by atoms with E-state index in [4.69, 9.17) is 4.74 Å². The van der Waals surface area contributed by atoms with Crippen molar-refractivity contribution >= 4 is 5.69 Å². The van der Waals surface area contributed by atoms with E-state index in [9.17, 15) is 5.11 Å². The largest absolute Gasteiger partial charge is 0.494 e. The van der Waals surface area contributed by atoms with Crippen molar-refractivity contribution in [1.29, 1.82) is 0 Å². The third kappa shape index (κ3) is 5.23. The maximum atomic E-state index is 9.82. The summed E-state index contributed by atoms with van der Waals surface area (Å²) < 4.78 is 5.84. The van der Waals surface area contributed by atoms with Crippen LogP contribution in [0, 0.1) is 0 Å². The van der Waals surface area contributed by atoms with Crippen LogP contribution in [0.1, 0.15) is 31.4 Å². The average molecular weight is 354 g/mol. The summed E-state index contributed by atoms with van der Waals surface area (Å²) in [6.45, 7) is 8.19.